The van der Waals surface area contributed by atoms with Crippen LogP contribution in [0.3, 0.4) is 0 Å². The summed E-state index contributed by atoms with van der Waals surface area (Å²) < 4.78 is 41.3. The van der Waals surface area contributed by atoms with E-state index in [0.717, 1.165) is 17.8 Å². The predicted octanol–water partition coefficient (Wildman–Crippen LogP) is 3.89. The molecule has 0 unspecified atom stereocenters. The highest BCUT2D eigenvalue weighted by Gasteiger charge is 2.32. The fourth-order valence-corrected chi connectivity index (χ4v) is 3.89. The molecule has 1 aliphatic rings. The number of benzene rings is 1. The molecule has 3 rings (SSSR count). The molecule has 140 valence electrons. The van der Waals surface area contributed by atoms with Crippen LogP contribution in [0, 0.1) is 0 Å². The van der Waals surface area contributed by atoms with Gasteiger partial charge in [-0.1, -0.05) is 12.1 Å². The van der Waals surface area contributed by atoms with Gasteiger partial charge in [0.25, 0.3) is 0 Å². The van der Waals surface area contributed by atoms with Crippen molar-refractivity contribution in [1.82, 2.24) is 4.98 Å². The van der Waals surface area contributed by atoms with Crippen LogP contribution in [0.5, 0.6) is 5.75 Å². The molecule has 5 nitrogen and oxygen atoms in total. The number of anilines is 1. The van der Waals surface area contributed by atoms with Crippen molar-refractivity contribution in [3.8, 4) is 5.75 Å². The molecular formula is C17H19F3N4OS. The quantitative estimate of drug-likeness (QED) is 0.606. The molecule has 26 heavy (non-hydrogen) atoms. The van der Waals surface area contributed by atoms with Gasteiger partial charge >= 0.3 is 6.36 Å². The number of hydrogen-bond donors (Lipinski definition) is 2. The van der Waals surface area contributed by atoms with E-state index in [4.69, 9.17) is 5.73 Å². The van der Waals surface area contributed by atoms with Crippen molar-refractivity contribution < 1.29 is 17.9 Å². The van der Waals surface area contributed by atoms with Crippen LogP contribution in [0.2, 0.25) is 0 Å². The Kier molecular flexibility index (Phi) is 5.65. The van der Waals surface area contributed by atoms with Crippen LogP contribution in [0.15, 0.2) is 29.3 Å². The fraction of sp³-hybridized carbons (Fsp3) is 0.412. The first-order valence-electron chi connectivity index (χ1n) is 8.30. The van der Waals surface area contributed by atoms with Crippen molar-refractivity contribution in [2.45, 2.75) is 38.5 Å². The van der Waals surface area contributed by atoms with Gasteiger partial charge in [0, 0.05) is 17.8 Å². The zero-order valence-corrected chi connectivity index (χ0v) is 14.8. The van der Waals surface area contributed by atoms with Crippen molar-refractivity contribution in [3.05, 3.63) is 39.8 Å². The molecule has 3 N–H and O–H groups in total. The number of nitrogens with two attached hydrogens (primary N) is 1. The zero-order valence-electron chi connectivity index (χ0n) is 14.0. The van der Waals surface area contributed by atoms with Crippen LogP contribution in [0.1, 0.15) is 28.4 Å². The van der Waals surface area contributed by atoms with E-state index in [0.29, 0.717) is 13.0 Å². The predicted molar refractivity (Wildman–Crippen MR) is 95.7 cm³/mol. The fourth-order valence-electron chi connectivity index (χ4n) is 2.75. The number of aliphatic imine (C=N–C) groups is 1. The molecule has 0 atom stereocenters. The number of aromatic nitrogens is 1. The Hall–Kier alpha value is -2.29. The first-order valence-corrected chi connectivity index (χ1v) is 9.11. The van der Waals surface area contributed by atoms with Gasteiger partial charge in [-0.2, -0.15) is 0 Å². The van der Waals surface area contributed by atoms with Crippen molar-refractivity contribution in [3.63, 3.8) is 0 Å². The normalized spacial score (nSPS) is 14.8. The lowest BCUT2D eigenvalue weighted by Gasteiger charge is -2.14. The molecule has 1 aliphatic carbocycles. The van der Waals surface area contributed by atoms with Crippen LogP contribution in [0.25, 0.3) is 0 Å². The molecule has 0 bridgehead atoms. The van der Waals surface area contributed by atoms with E-state index in [-0.39, 0.29) is 17.4 Å². The summed E-state index contributed by atoms with van der Waals surface area (Å²) in [4.78, 5) is 10.2. The molecule has 0 radical (unpaired) electrons. The summed E-state index contributed by atoms with van der Waals surface area (Å²) in [5, 5.41) is 3.68. The van der Waals surface area contributed by atoms with Gasteiger partial charge in [-0.15, -0.1) is 24.5 Å². The van der Waals surface area contributed by atoms with Crippen LogP contribution < -0.4 is 15.8 Å². The molecule has 0 spiro atoms. The lowest BCUT2D eigenvalue weighted by Crippen LogP contribution is -2.24. The molecule has 1 heterocycles. The maximum absolute atomic E-state index is 12.4. The summed E-state index contributed by atoms with van der Waals surface area (Å²) in [5.41, 5.74) is 7.09. The Labute approximate surface area is 153 Å². The van der Waals surface area contributed by atoms with Gasteiger partial charge < -0.3 is 15.8 Å². The highest BCUT2D eigenvalue weighted by molar-refractivity contribution is 7.11. The number of guanidine groups is 1. The number of nitrogens with zero attached hydrogens (tertiary/aromatic N) is 2. The lowest BCUT2D eigenvalue weighted by atomic mass is 10.0. The van der Waals surface area contributed by atoms with E-state index in [9.17, 15) is 13.2 Å². The Morgan fingerprint density at radius 3 is 2.81 bits per heavy atom. The van der Waals surface area contributed by atoms with Gasteiger partial charge in [0.15, 0.2) is 11.7 Å². The number of alkyl halides is 3. The van der Waals surface area contributed by atoms with Gasteiger partial charge in [0.2, 0.25) is 0 Å². The second-order valence-corrected chi connectivity index (χ2v) is 7.04. The van der Waals surface area contributed by atoms with Crippen molar-refractivity contribution in [2.75, 3.05) is 11.9 Å². The minimum atomic E-state index is -4.77. The second-order valence-electron chi connectivity index (χ2n) is 5.87. The number of aryl methyl sites for hydroxylation is 2. The Balaban J connectivity index is 1.58. The van der Waals surface area contributed by atoms with Crippen LogP contribution in [-0.2, 0) is 19.3 Å². The summed E-state index contributed by atoms with van der Waals surface area (Å²) in [6, 6.07) is 5.68. The number of hydrogen-bond acceptors (Lipinski definition) is 4. The molecule has 0 saturated heterocycles. The largest absolute Gasteiger partial charge is 0.573 e. The minimum absolute atomic E-state index is 0.0320. The summed E-state index contributed by atoms with van der Waals surface area (Å²) >= 11 is 1.71. The summed E-state index contributed by atoms with van der Waals surface area (Å²) in [5.74, 6) is -0.324. The van der Waals surface area contributed by atoms with E-state index < -0.39 is 6.36 Å². The molecular weight excluding hydrogens is 365 g/mol. The lowest BCUT2D eigenvalue weighted by molar-refractivity contribution is -0.274. The second kappa shape index (κ2) is 7.94. The Morgan fingerprint density at radius 2 is 2.04 bits per heavy atom. The Bertz CT molecular complexity index is 765. The highest BCUT2D eigenvalue weighted by atomic mass is 32.1. The van der Waals surface area contributed by atoms with Gasteiger partial charge in [-0.3, -0.25) is 4.99 Å². The van der Waals surface area contributed by atoms with E-state index in [2.05, 4.69) is 20.0 Å². The molecule has 0 amide bonds. The van der Waals surface area contributed by atoms with E-state index >= 15 is 0 Å². The van der Waals surface area contributed by atoms with Crippen molar-refractivity contribution >= 4 is 23.0 Å². The van der Waals surface area contributed by atoms with Crippen LogP contribution >= 0.6 is 11.3 Å². The van der Waals surface area contributed by atoms with Gasteiger partial charge in [-0.05, 0) is 37.8 Å². The molecule has 0 fully saturated rings. The average molecular weight is 384 g/mol. The first kappa shape index (κ1) is 18.5. The number of rotatable bonds is 5. The standard InChI is InChI=1S/C17H19F3N4OS/c18-17(19,20)25-13-7-3-1-5-11(13)24-16(21)22-10-9-15-23-12-6-2-4-8-14(12)26-15/h1,3,5,7H,2,4,6,8-10H2,(H3,21,22,24). The van der Waals surface area contributed by atoms with E-state index in [1.807, 2.05) is 0 Å². The SMILES string of the molecule is NC(=NCCc1nc2c(s1)CCCC2)Nc1ccccc1OC(F)(F)F. The number of ether oxygens (including phenoxy) is 1. The highest BCUT2D eigenvalue weighted by Crippen LogP contribution is 2.30. The smallest absolute Gasteiger partial charge is 0.404 e. The molecule has 1 aromatic carbocycles. The Morgan fingerprint density at radius 1 is 1.27 bits per heavy atom. The molecule has 0 saturated carbocycles. The van der Waals surface area contributed by atoms with Crippen LogP contribution in [0.4, 0.5) is 18.9 Å². The van der Waals surface area contributed by atoms with Gasteiger partial charge in [-0.25, -0.2) is 4.98 Å². The summed E-state index contributed by atoms with van der Waals surface area (Å²) in [6.07, 6.45) is 0.410. The van der Waals surface area contributed by atoms with Crippen LogP contribution in [-0.4, -0.2) is 23.9 Å². The molecule has 1 aromatic heterocycles. The maximum Gasteiger partial charge on any atom is 0.573 e. The number of para-hydroxylation sites is 2. The monoisotopic (exact) mass is 384 g/mol. The van der Waals surface area contributed by atoms with E-state index in [1.54, 1.807) is 17.4 Å². The van der Waals surface area contributed by atoms with Crippen molar-refractivity contribution in [1.29, 1.82) is 0 Å². The third-order valence-electron chi connectivity index (χ3n) is 3.87. The van der Waals surface area contributed by atoms with E-state index in [1.165, 1.54) is 41.6 Å². The topological polar surface area (TPSA) is 72.5 Å². The third-order valence-corrected chi connectivity index (χ3v) is 5.09. The number of thiazole rings is 1. The molecule has 9 heteroatoms. The maximum atomic E-state index is 12.4. The van der Waals surface area contributed by atoms with Gasteiger partial charge in [0.1, 0.15) is 0 Å². The van der Waals surface area contributed by atoms with Gasteiger partial charge in [0.05, 0.1) is 16.4 Å². The average Bonchev–Trinajstić information content (AvgIpc) is 2.98. The molecule has 2 aromatic rings. The minimum Gasteiger partial charge on any atom is -0.404 e. The molecule has 0 aliphatic heterocycles. The number of nitrogens with one attached hydrogen (secondary N) is 1. The van der Waals surface area contributed by atoms with Crippen molar-refractivity contribution in [2.24, 2.45) is 10.7 Å². The summed E-state index contributed by atoms with van der Waals surface area (Å²) in [6.45, 7) is 0.410. The summed E-state index contributed by atoms with van der Waals surface area (Å²) in [7, 11) is 0. The third kappa shape index (κ3) is 5.10. The number of halogens is 3. The zero-order chi connectivity index (χ0) is 18.6. The number of fused-ring (bicyclic) bond motifs is 1. The first-order chi connectivity index (χ1) is 12.4.